The van der Waals surface area contributed by atoms with Crippen LogP contribution in [0.1, 0.15) is 25.3 Å². The molecule has 0 saturated carbocycles. The van der Waals surface area contributed by atoms with Crippen molar-refractivity contribution >= 4 is 11.8 Å². The number of methoxy groups -OCH3 is 2. The van der Waals surface area contributed by atoms with Crippen LogP contribution in [0.15, 0.2) is 24.3 Å². The highest BCUT2D eigenvalue weighted by Crippen LogP contribution is 2.25. The largest absolute Gasteiger partial charge is 0.496 e. The van der Waals surface area contributed by atoms with E-state index < -0.39 is 0 Å². The van der Waals surface area contributed by atoms with Gasteiger partial charge in [0.2, 0.25) is 11.8 Å². The van der Waals surface area contributed by atoms with Crippen LogP contribution in [0.3, 0.4) is 0 Å². The van der Waals surface area contributed by atoms with Gasteiger partial charge in [-0.05, 0) is 19.4 Å². The Labute approximate surface area is 149 Å². The maximum Gasteiger partial charge on any atom is 0.227 e. The minimum absolute atomic E-state index is 0.0925. The standard InChI is InChI=1S/C19H28N2O4/c1-4-20(11-12-24-2)19(23)16-9-10-18(22)21(14-16)13-15-7-5-6-8-17(15)25-3/h5-8,16H,4,9-14H2,1-3H3. The van der Waals surface area contributed by atoms with E-state index >= 15 is 0 Å². The summed E-state index contributed by atoms with van der Waals surface area (Å²) in [7, 11) is 3.25. The summed E-state index contributed by atoms with van der Waals surface area (Å²) in [6.07, 6.45) is 1.02. The minimum atomic E-state index is -0.149. The van der Waals surface area contributed by atoms with Crippen molar-refractivity contribution in [1.29, 1.82) is 0 Å². The highest BCUT2D eigenvalue weighted by Gasteiger charge is 2.32. The second-order valence-corrected chi connectivity index (χ2v) is 6.23. The van der Waals surface area contributed by atoms with Crippen LogP contribution < -0.4 is 4.74 Å². The molecule has 6 heteroatoms. The second kappa shape index (κ2) is 9.42. The molecular formula is C19H28N2O4. The fraction of sp³-hybridized carbons (Fsp3) is 0.579. The Kier molecular flexibility index (Phi) is 7.25. The molecule has 0 N–H and O–H groups in total. The number of para-hydroxylation sites is 1. The third-order valence-corrected chi connectivity index (χ3v) is 4.66. The highest BCUT2D eigenvalue weighted by atomic mass is 16.5. The van der Waals surface area contributed by atoms with Crippen LogP contribution in [0, 0.1) is 5.92 Å². The van der Waals surface area contributed by atoms with Crippen molar-refractivity contribution in [2.75, 3.05) is 40.5 Å². The Hall–Kier alpha value is -2.08. The Balaban J connectivity index is 2.05. The lowest BCUT2D eigenvalue weighted by Gasteiger charge is -2.34. The van der Waals surface area contributed by atoms with E-state index in [1.807, 2.05) is 36.1 Å². The summed E-state index contributed by atoms with van der Waals surface area (Å²) >= 11 is 0. The van der Waals surface area contributed by atoms with E-state index in [-0.39, 0.29) is 17.7 Å². The van der Waals surface area contributed by atoms with Gasteiger partial charge in [-0.2, -0.15) is 0 Å². The smallest absolute Gasteiger partial charge is 0.227 e. The number of piperidine rings is 1. The fourth-order valence-electron chi connectivity index (χ4n) is 3.19. The fourth-order valence-corrected chi connectivity index (χ4v) is 3.19. The normalized spacial score (nSPS) is 17.5. The monoisotopic (exact) mass is 348 g/mol. The van der Waals surface area contributed by atoms with Crippen LogP contribution in [-0.2, 0) is 20.9 Å². The first-order valence-corrected chi connectivity index (χ1v) is 8.78. The zero-order chi connectivity index (χ0) is 18.2. The third-order valence-electron chi connectivity index (χ3n) is 4.66. The quantitative estimate of drug-likeness (QED) is 0.720. The van der Waals surface area contributed by atoms with Crippen LogP contribution >= 0.6 is 0 Å². The van der Waals surface area contributed by atoms with Crippen molar-refractivity contribution in [2.45, 2.75) is 26.3 Å². The lowest BCUT2D eigenvalue weighted by Crippen LogP contribution is -2.47. The van der Waals surface area contributed by atoms with E-state index in [1.54, 1.807) is 19.1 Å². The lowest BCUT2D eigenvalue weighted by molar-refractivity contribution is -0.143. The van der Waals surface area contributed by atoms with Crippen LogP contribution in [-0.4, -0.2) is 62.1 Å². The Morgan fingerprint density at radius 3 is 2.76 bits per heavy atom. The van der Waals surface area contributed by atoms with Crippen molar-refractivity contribution in [3.8, 4) is 5.75 Å². The van der Waals surface area contributed by atoms with Gasteiger partial charge < -0.3 is 19.3 Å². The van der Waals surface area contributed by atoms with Crippen LogP contribution in [0.5, 0.6) is 5.75 Å². The summed E-state index contributed by atoms with van der Waals surface area (Å²) in [6, 6.07) is 7.67. The third kappa shape index (κ3) is 4.95. The summed E-state index contributed by atoms with van der Waals surface area (Å²) in [5.41, 5.74) is 0.957. The van der Waals surface area contributed by atoms with Crippen molar-refractivity contribution in [2.24, 2.45) is 5.92 Å². The van der Waals surface area contributed by atoms with Gasteiger partial charge in [-0.25, -0.2) is 0 Å². The van der Waals surface area contributed by atoms with Gasteiger partial charge in [0, 0.05) is 45.3 Å². The number of benzene rings is 1. The summed E-state index contributed by atoms with van der Waals surface area (Å²) in [5, 5.41) is 0. The van der Waals surface area contributed by atoms with Gasteiger partial charge in [0.25, 0.3) is 0 Å². The molecule has 1 atom stereocenters. The molecule has 1 heterocycles. The molecule has 1 saturated heterocycles. The molecule has 0 aromatic heterocycles. The molecule has 1 fully saturated rings. The van der Waals surface area contributed by atoms with Crippen molar-refractivity contribution in [1.82, 2.24) is 9.80 Å². The van der Waals surface area contributed by atoms with Gasteiger partial charge in [0.15, 0.2) is 0 Å². The maximum absolute atomic E-state index is 12.8. The van der Waals surface area contributed by atoms with Crippen LogP contribution in [0.4, 0.5) is 0 Å². The first kappa shape index (κ1) is 19.2. The van der Waals surface area contributed by atoms with Crippen LogP contribution in [0.2, 0.25) is 0 Å². The molecule has 25 heavy (non-hydrogen) atoms. The number of carbonyl (C=O) groups excluding carboxylic acids is 2. The van der Waals surface area contributed by atoms with E-state index in [0.717, 1.165) is 11.3 Å². The average molecular weight is 348 g/mol. The molecule has 1 aliphatic rings. The van der Waals surface area contributed by atoms with Gasteiger partial charge in [-0.15, -0.1) is 0 Å². The number of hydrogen-bond acceptors (Lipinski definition) is 4. The number of nitrogens with zero attached hydrogens (tertiary/aromatic N) is 2. The first-order chi connectivity index (χ1) is 12.1. The van der Waals surface area contributed by atoms with Gasteiger partial charge >= 0.3 is 0 Å². The Morgan fingerprint density at radius 1 is 1.32 bits per heavy atom. The summed E-state index contributed by atoms with van der Waals surface area (Å²) in [4.78, 5) is 28.7. The number of likely N-dealkylation sites (tertiary alicyclic amines) is 1. The summed E-state index contributed by atoms with van der Waals surface area (Å²) < 4.78 is 10.5. The Morgan fingerprint density at radius 2 is 2.08 bits per heavy atom. The molecule has 2 amide bonds. The van der Waals surface area contributed by atoms with Crippen molar-refractivity contribution in [3.63, 3.8) is 0 Å². The number of rotatable bonds is 8. The van der Waals surface area contributed by atoms with E-state index in [0.29, 0.717) is 45.6 Å². The molecule has 0 aliphatic carbocycles. The average Bonchev–Trinajstić information content (AvgIpc) is 2.64. The summed E-state index contributed by atoms with van der Waals surface area (Å²) in [6.45, 7) is 4.66. The van der Waals surface area contributed by atoms with Gasteiger partial charge in [-0.1, -0.05) is 18.2 Å². The van der Waals surface area contributed by atoms with E-state index in [1.165, 1.54) is 0 Å². The van der Waals surface area contributed by atoms with E-state index in [2.05, 4.69) is 0 Å². The molecule has 0 spiro atoms. The predicted octanol–water partition coefficient (Wildman–Crippen LogP) is 1.93. The SMILES string of the molecule is CCN(CCOC)C(=O)C1CCC(=O)N(Cc2ccccc2OC)C1. The molecular weight excluding hydrogens is 320 g/mol. The molecule has 1 unspecified atom stereocenters. The molecule has 0 bridgehead atoms. The van der Waals surface area contributed by atoms with Gasteiger partial charge in [0.05, 0.1) is 19.6 Å². The number of likely N-dealkylation sites (N-methyl/N-ethyl adjacent to an activating group) is 1. The van der Waals surface area contributed by atoms with E-state index in [4.69, 9.17) is 9.47 Å². The topological polar surface area (TPSA) is 59.1 Å². The maximum atomic E-state index is 12.8. The van der Waals surface area contributed by atoms with E-state index in [9.17, 15) is 9.59 Å². The lowest BCUT2D eigenvalue weighted by atomic mass is 9.95. The molecule has 1 aliphatic heterocycles. The molecule has 6 nitrogen and oxygen atoms in total. The first-order valence-electron chi connectivity index (χ1n) is 8.78. The number of hydrogen-bond donors (Lipinski definition) is 0. The number of amides is 2. The molecule has 1 aromatic rings. The molecule has 138 valence electrons. The van der Waals surface area contributed by atoms with Crippen LogP contribution in [0.25, 0.3) is 0 Å². The molecule has 1 aromatic carbocycles. The summed E-state index contributed by atoms with van der Waals surface area (Å²) in [5.74, 6) is 0.815. The molecule has 2 rings (SSSR count). The van der Waals surface area contributed by atoms with Crippen molar-refractivity contribution < 1.29 is 19.1 Å². The number of carbonyl (C=O) groups is 2. The van der Waals surface area contributed by atoms with Gasteiger partial charge in [0.1, 0.15) is 5.75 Å². The predicted molar refractivity (Wildman–Crippen MR) is 95.3 cm³/mol. The zero-order valence-electron chi connectivity index (χ0n) is 15.4. The highest BCUT2D eigenvalue weighted by molar-refractivity contribution is 5.84. The minimum Gasteiger partial charge on any atom is -0.496 e. The second-order valence-electron chi connectivity index (χ2n) is 6.23. The Bertz CT molecular complexity index is 591. The van der Waals surface area contributed by atoms with Gasteiger partial charge in [-0.3, -0.25) is 9.59 Å². The van der Waals surface area contributed by atoms with Crippen molar-refractivity contribution in [3.05, 3.63) is 29.8 Å². The zero-order valence-corrected chi connectivity index (χ0v) is 15.4. The number of ether oxygens (including phenoxy) is 2. The molecule has 0 radical (unpaired) electrons.